The number of anilines is 2. The summed E-state index contributed by atoms with van der Waals surface area (Å²) in [4.78, 5) is 46.1. The number of ether oxygens (including phenoxy) is 1. The third-order valence-corrected chi connectivity index (χ3v) is 10.4. The average Bonchev–Trinajstić information content (AvgIpc) is 3.69. The highest BCUT2D eigenvalue weighted by Gasteiger charge is 2.24. The SMILES string of the molecule is COc1cccc(/C=C(\NC(=O)c2ccccc2)C(=O)Nc2ccc(SC(C(=O)Nc3nc(-c4ccc5ccccc5c4)cs3)c3ccccc3)cc2)c1. The number of benzene rings is 6. The molecule has 1 heterocycles. The fourth-order valence-corrected chi connectivity index (χ4v) is 7.42. The molecule has 10 heteroatoms. The first-order chi connectivity index (χ1) is 26.4. The van der Waals surface area contributed by atoms with Crippen molar-refractivity contribution in [1.29, 1.82) is 0 Å². The van der Waals surface area contributed by atoms with Crippen LogP contribution in [0.4, 0.5) is 10.8 Å². The molecule has 0 bridgehead atoms. The third-order valence-electron chi connectivity index (χ3n) is 8.42. The molecule has 266 valence electrons. The highest BCUT2D eigenvalue weighted by molar-refractivity contribution is 8.00. The van der Waals surface area contributed by atoms with E-state index in [1.54, 1.807) is 67.8 Å². The van der Waals surface area contributed by atoms with Gasteiger partial charge in [0, 0.05) is 27.1 Å². The lowest BCUT2D eigenvalue weighted by Gasteiger charge is -2.17. The minimum Gasteiger partial charge on any atom is -0.497 e. The summed E-state index contributed by atoms with van der Waals surface area (Å²) >= 11 is 2.77. The molecule has 7 rings (SSSR count). The lowest BCUT2D eigenvalue weighted by Crippen LogP contribution is -2.30. The van der Waals surface area contributed by atoms with Crippen LogP contribution in [0, 0.1) is 0 Å². The number of hydrogen-bond acceptors (Lipinski definition) is 7. The summed E-state index contributed by atoms with van der Waals surface area (Å²) in [6.45, 7) is 0. The zero-order valence-corrected chi connectivity index (χ0v) is 30.7. The molecule has 8 nitrogen and oxygen atoms in total. The minimum absolute atomic E-state index is 0.0577. The van der Waals surface area contributed by atoms with Gasteiger partial charge in [0.1, 0.15) is 16.7 Å². The minimum atomic E-state index is -0.578. The van der Waals surface area contributed by atoms with Gasteiger partial charge in [0.15, 0.2) is 5.13 Å². The Bertz CT molecular complexity index is 2450. The number of carbonyl (C=O) groups is 3. The fraction of sp³-hybridized carbons (Fsp3) is 0.0455. The number of carbonyl (C=O) groups excluding carboxylic acids is 3. The Morgan fingerprint density at radius 3 is 2.22 bits per heavy atom. The second-order valence-electron chi connectivity index (χ2n) is 12.1. The van der Waals surface area contributed by atoms with E-state index < -0.39 is 17.1 Å². The highest BCUT2D eigenvalue weighted by Crippen LogP contribution is 2.37. The zero-order chi connectivity index (χ0) is 37.3. The second-order valence-corrected chi connectivity index (χ2v) is 14.2. The van der Waals surface area contributed by atoms with E-state index in [-0.39, 0.29) is 11.6 Å². The molecular weight excluding hydrogens is 713 g/mol. The average molecular weight is 747 g/mol. The quantitative estimate of drug-likeness (QED) is 0.0849. The van der Waals surface area contributed by atoms with E-state index in [4.69, 9.17) is 9.72 Å². The van der Waals surface area contributed by atoms with Crippen molar-refractivity contribution in [2.45, 2.75) is 10.1 Å². The summed E-state index contributed by atoms with van der Waals surface area (Å²) in [5.74, 6) is -0.509. The maximum absolute atomic E-state index is 13.8. The molecule has 0 radical (unpaired) electrons. The number of nitrogens with one attached hydrogen (secondary N) is 3. The van der Waals surface area contributed by atoms with E-state index in [0.717, 1.165) is 32.5 Å². The number of nitrogens with zero attached hydrogens (tertiary/aromatic N) is 1. The Labute approximate surface area is 320 Å². The van der Waals surface area contributed by atoms with Crippen molar-refractivity contribution in [3.63, 3.8) is 0 Å². The molecule has 1 aromatic heterocycles. The summed E-state index contributed by atoms with van der Waals surface area (Å²) in [6.07, 6.45) is 1.60. The normalized spacial score (nSPS) is 11.8. The first-order valence-corrected chi connectivity index (χ1v) is 18.8. The number of fused-ring (bicyclic) bond motifs is 1. The van der Waals surface area contributed by atoms with E-state index in [1.165, 1.54) is 23.1 Å². The summed E-state index contributed by atoms with van der Waals surface area (Å²) in [7, 11) is 1.56. The second kappa shape index (κ2) is 16.9. The molecule has 0 saturated carbocycles. The van der Waals surface area contributed by atoms with E-state index >= 15 is 0 Å². The Morgan fingerprint density at radius 1 is 0.741 bits per heavy atom. The summed E-state index contributed by atoms with van der Waals surface area (Å²) in [6, 6.07) is 47.0. The monoisotopic (exact) mass is 746 g/mol. The van der Waals surface area contributed by atoms with Gasteiger partial charge in [-0.15, -0.1) is 23.1 Å². The first-order valence-electron chi connectivity index (χ1n) is 17.0. The summed E-state index contributed by atoms with van der Waals surface area (Å²) in [5.41, 5.74) is 4.27. The Kier molecular flexibility index (Phi) is 11.2. The lowest BCUT2D eigenvalue weighted by molar-refractivity contribution is -0.116. The Balaban J connectivity index is 1.06. The smallest absolute Gasteiger partial charge is 0.272 e. The molecule has 0 aliphatic heterocycles. The molecule has 3 amide bonds. The van der Waals surface area contributed by atoms with Gasteiger partial charge in [0.05, 0.1) is 12.8 Å². The number of methoxy groups -OCH3 is 1. The third kappa shape index (κ3) is 8.92. The molecule has 0 spiro atoms. The Hall–Kier alpha value is -6.49. The van der Waals surface area contributed by atoms with E-state index in [2.05, 4.69) is 40.2 Å². The first kappa shape index (κ1) is 35.9. The lowest BCUT2D eigenvalue weighted by atomic mass is 10.1. The van der Waals surface area contributed by atoms with Crippen molar-refractivity contribution in [3.05, 3.63) is 179 Å². The van der Waals surface area contributed by atoms with Gasteiger partial charge in [-0.2, -0.15) is 0 Å². The highest BCUT2D eigenvalue weighted by atomic mass is 32.2. The standard InChI is InChI=1S/C44H34N4O4S2/c1-52-36-18-10-11-29(25-36)26-38(46-41(49)32-15-6-3-7-16-32)42(50)45-35-21-23-37(24-22-35)54-40(31-13-4-2-5-14-31)43(51)48-44-47-39(28-53-44)34-20-19-30-12-8-9-17-33(30)27-34/h2-28,40H,1H3,(H,45,50)(H,46,49)(H,47,48,51)/b38-26-. The van der Waals surface area contributed by atoms with Crippen LogP contribution in [0.1, 0.15) is 26.7 Å². The maximum atomic E-state index is 13.8. The molecule has 1 atom stereocenters. The fourth-order valence-electron chi connectivity index (χ4n) is 5.68. The van der Waals surface area contributed by atoms with Crippen LogP contribution in [0.5, 0.6) is 5.75 Å². The van der Waals surface area contributed by atoms with Crippen molar-refractivity contribution in [2.24, 2.45) is 0 Å². The predicted octanol–water partition coefficient (Wildman–Crippen LogP) is 9.85. The van der Waals surface area contributed by atoms with Crippen LogP contribution in [0.15, 0.2) is 168 Å². The molecule has 6 aromatic carbocycles. The van der Waals surface area contributed by atoms with Gasteiger partial charge in [-0.25, -0.2) is 4.98 Å². The largest absolute Gasteiger partial charge is 0.497 e. The zero-order valence-electron chi connectivity index (χ0n) is 29.1. The van der Waals surface area contributed by atoms with Crippen molar-refractivity contribution < 1.29 is 19.1 Å². The molecule has 1 unspecified atom stereocenters. The molecule has 0 aliphatic rings. The van der Waals surface area contributed by atoms with E-state index in [0.29, 0.717) is 27.7 Å². The molecule has 7 aromatic rings. The number of thioether (sulfide) groups is 1. The van der Waals surface area contributed by atoms with Crippen molar-refractivity contribution in [1.82, 2.24) is 10.3 Å². The molecule has 0 aliphatic carbocycles. The van der Waals surface area contributed by atoms with Gasteiger partial charge in [-0.05, 0) is 82.6 Å². The molecule has 3 N–H and O–H groups in total. The van der Waals surface area contributed by atoms with Crippen LogP contribution in [0.25, 0.3) is 28.1 Å². The summed E-state index contributed by atoms with van der Waals surface area (Å²) < 4.78 is 5.34. The molecule has 0 fully saturated rings. The predicted molar refractivity (Wildman–Crippen MR) is 219 cm³/mol. The van der Waals surface area contributed by atoms with Crippen LogP contribution in [0.2, 0.25) is 0 Å². The van der Waals surface area contributed by atoms with Crippen LogP contribution in [-0.2, 0) is 9.59 Å². The van der Waals surface area contributed by atoms with Crippen LogP contribution >= 0.6 is 23.1 Å². The molecule has 54 heavy (non-hydrogen) atoms. The van der Waals surface area contributed by atoms with E-state index in [9.17, 15) is 14.4 Å². The molecular formula is C44H34N4O4S2. The topological polar surface area (TPSA) is 109 Å². The van der Waals surface area contributed by atoms with Crippen LogP contribution in [0.3, 0.4) is 0 Å². The van der Waals surface area contributed by atoms with Gasteiger partial charge in [-0.3, -0.25) is 14.4 Å². The van der Waals surface area contributed by atoms with Crippen LogP contribution in [-0.4, -0.2) is 29.8 Å². The van der Waals surface area contributed by atoms with E-state index in [1.807, 2.05) is 78.2 Å². The number of thiazole rings is 1. The Morgan fingerprint density at radius 2 is 1.46 bits per heavy atom. The number of aromatic nitrogens is 1. The summed E-state index contributed by atoms with van der Waals surface area (Å²) in [5, 5.41) is 12.8. The van der Waals surface area contributed by atoms with Gasteiger partial charge < -0.3 is 20.7 Å². The molecule has 0 saturated heterocycles. The van der Waals surface area contributed by atoms with Gasteiger partial charge in [0.25, 0.3) is 11.8 Å². The maximum Gasteiger partial charge on any atom is 0.272 e. The number of hydrogen-bond donors (Lipinski definition) is 3. The van der Waals surface area contributed by atoms with Gasteiger partial charge in [0.2, 0.25) is 5.91 Å². The number of rotatable bonds is 12. The van der Waals surface area contributed by atoms with Crippen LogP contribution < -0.4 is 20.7 Å². The van der Waals surface area contributed by atoms with Crippen molar-refractivity contribution in [3.8, 4) is 17.0 Å². The number of amides is 3. The van der Waals surface area contributed by atoms with Gasteiger partial charge in [-0.1, -0.05) is 97.1 Å². The van der Waals surface area contributed by atoms with Gasteiger partial charge >= 0.3 is 0 Å². The van der Waals surface area contributed by atoms with Crippen molar-refractivity contribution in [2.75, 3.05) is 17.7 Å². The van der Waals surface area contributed by atoms with Crippen molar-refractivity contribution >= 4 is 68.5 Å².